The molecule has 0 heterocycles. The summed E-state index contributed by atoms with van der Waals surface area (Å²) in [5.41, 5.74) is 0. The molecular weight excluding hydrogens is 276 g/mol. The zero-order valence-electron chi connectivity index (χ0n) is 12.1. The number of ether oxygens (including phenoxy) is 3. The minimum Gasteiger partial charge on any atom is -0.462 e. The van der Waals surface area contributed by atoms with Crippen molar-refractivity contribution in [1.29, 1.82) is 0 Å². The van der Waals surface area contributed by atoms with Crippen LogP contribution >= 0.6 is 0 Å². The molecule has 0 bridgehead atoms. The van der Waals surface area contributed by atoms with Gasteiger partial charge in [0.05, 0.1) is 6.61 Å². The molecule has 0 radical (unpaired) electrons. The third-order valence-corrected chi connectivity index (χ3v) is 2.50. The van der Waals surface area contributed by atoms with Crippen LogP contribution in [-0.4, -0.2) is 36.7 Å². The minimum absolute atomic E-state index is 0.00207. The molecule has 0 rings (SSSR count). The first-order valence-corrected chi connectivity index (χ1v) is 6.43. The Balaban J connectivity index is 4.74. The van der Waals surface area contributed by atoms with Gasteiger partial charge in [-0.2, -0.15) is 0 Å². The number of carbonyl (C=O) groups excluding carboxylic acids is 3. The van der Waals surface area contributed by atoms with E-state index in [-0.39, 0.29) is 13.0 Å². The Hall–Kier alpha value is -2.37. The summed E-state index contributed by atoms with van der Waals surface area (Å²) in [5.74, 6) is -1.85. The van der Waals surface area contributed by atoms with E-state index in [1.54, 1.807) is 6.92 Å². The maximum absolute atomic E-state index is 11.3. The Morgan fingerprint density at radius 2 is 1.38 bits per heavy atom. The monoisotopic (exact) mass is 296 g/mol. The molecule has 2 atom stereocenters. The molecule has 0 saturated heterocycles. The maximum atomic E-state index is 11.3. The Kier molecular flexibility index (Phi) is 9.25. The molecule has 0 saturated carbocycles. The van der Waals surface area contributed by atoms with Crippen LogP contribution in [0.1, 0.15) is 19.8 Å². The van der Waals surface area contributed by atoms with Gasteiger partial charge in [-0.3, -0.25) is 0 Å². The van der Waals surface area contributed by atoms with Crippen molar-refractivity contribution in [3.63, 3.8) is 0 Å². The van der Waals surface area contributed by atoms with Gasteiger partial charge in [0.25, 0.3) is 0 Å². The maximum Gasteiger partial charge on any atom is 0.330 e. The third-order valence-electron chi connectivity index (χ3n) is 2.50. The average Bonchev–Trinajstić information content (AvgIpc) is 2.50. The summed E-state index contributed by atoms with van der Waals surface area (Å²) in [5, 5.41) is 0. The molecular formula is C15H20O6. The van der Waals surface area contributed by atoms with Crippen LogP contribution in [0.15, 0.2) is 38.0 Å². The number of carbonyl (C=O) groups is 3. The van der Waals surface area contributed by atoms with Gasteiger partial charge < -0.3 is 14.2 Å². The molecule has 6 nitrogen and oxygen atoms in total. The SMILES string of the molecule is C=CC(=O)OCCC(OC(=O)C=C)C(CC)OC(=O)C=C. The highest BCUT2D eigenvalue weighted by molar-refractivity contribution is 5.82. The van der Waals surface area contributed by atoms with Gasteiger partial charge in [0.1, 0.15) is 12.2 Å². The number of hydrogen-bond donors (Lipinski definition) is 0. The van der Waals surface area contributed by atoms with Crippen LogP contribution in [0, 0.1) is 0 Å². The predicted octanol–water partition coefficient (Wildman–Crippen LogP) is 1.71. The molecule has 0 aliphatic rings. The van der Waals surface area contributed by atoms with E-state index in [2.05, 4.69) is 19.7 Å². The fourth-order valence-corrected chi connectivity index (χ4v) is 1.47. The molecule has 0 aliphatic heterocycles. The largest absolute Gasteiger partial charge is 0.462 e. The lowest BCUT2D eigenvalue weighted by molar-refractivity contribution is -0.164. The van der Waals surface area contributed by atoms with E-state index < -0.39 is 30.1 Å². The molecule has 21 heavy (non-hydrogen) atoms. The Morgan fingerprint density at radius 3 is 1.81 bits per heavy atom. The van der Waals surface area contributed by atoms with Crippen molar-refractivity contribution in [1.82, 2.24) is 0 Å². The second kappa shape index (κ2) is 10.4. The first kappa shape index (κ1) is 18.6. The van der Waals surface area contributed by atoms with Gasteiger partial charge in [-0.15, -0.1) is 0 Å². The van der Waals surface area contributed by atoms with Crippen LogP contribution in [0.5, 0.6) is 0 Å². The molecule has 0 N–H and O–H groups in total. The van der Waals surface area contributed by atoms with Crippen LogP contribution < -0.4 is 0 Å². The topological polar surface area (TPSA) is 78.9 Å². The Bertz CT molecular complexity index is 412. The molecule has 2 unspecified atom stereocenters. The highest BCUT2D eigenvalue weighted by atomic mass is 16.6. The van der Waals surface area contributed by atoms with Crippen molar-refractivity contribution in [3.8, 4) is 0 Å². The van der Waals surface area contributed by atoms with Gasteiger partial charge >= 0.3 is 17.9 Å². The second-order valence-electron chi connectivity index (χ2n) is 3.93. The molecule has 0 aromatic heterocycles. The van der Waals surface area contributed by atoms with E-state index in [0.717, 1.165) is 18.2 Å². The van der Waals surface area contributed by atoms with Crippen molar-refractivity contribution in [2.75, 3.05) is 6.61 Å². The van der Waals surface area contributed by atoms with E-state index >= 15 is 0 Å². The van der Waals surface area contributed by atoms with Crippen LogP contribution in [-0.2, 0) is 28.6 Å². The van der Waals surface area contributed by atoms with Gasteiger partial charge in [-0.05, 0) is 6.42 Å². The summed E-state index contributed by atoms with van der Waals surface area (Å²) in [6, 6.07) is 0. The lowest BCUT2D eigenvalue weighted by atomic mass is 10.1. The van der Waals surface area contributed by atoms with E-state index in [0.29, 0.717) is 6.42 Å². The van der Waals surface area contributed by atoms with E-state index in [4.69, 9.17) is 14.2 Å². The van der Waals surface area contributed by atoms with Crippen molar-refractivity contribution in [2.24, 2.45) is 0 Å². The van der Waals surface area contributed by atoms with Crippen molar-refractivity contribution in [2.45, 2.75) is 32.0 Å². The van der Waals surface area contributed by atoms with Crippen molar-refractivity contribution >= 4 is 17.9 Å². The van der Waals surface area contributed by atoms with Crippen molar-refractivity contribution < 1.29 is 28.6 Å². The summed E-state index contributed by atoms with van der Waals surface area (Å²) in [6.45, 7) is 11.6. The third kappa shape index (κ3) is 7.71. The lowest BCUT2D eigenvalue weighted by Gasteiger charge is -2.25. The van der Waals surface area contributed by atoms with Gasteiger partial charge in [0.15, 0.2) is 0 Å². The quantitative estimate of drug-likeness (QED) is 0.347. The van der Waals surface area contributed by atoms with Gasteiger partial charge in [-0.25, -0.2) is 14.4 Å². The standard InChI is InChI=1S/C15H20O6/c1-5-11(20-14(17)7-3)12(21-15(18)8-4)9-10-19-13(16)6-2/h6-8,11-12H,2-5,9-10H2,1H3. The fraction of sp³-hybridized carbons (Fsp3) is 0.400. The van der Waals surface area contributed by atoms with Crippen LogP contribution in [0.3, 0.4) is 0 Å². The number of esters is 3. The van der Waals surface area contributed by atoms with E-state index in [9.17, 15) is 14.4 Å². The first-order chi connectivity index (χ1) is 9.98. The van der Waals surface area contributed by atoms with Crippen LogP contribution in [0.25, 0.3) is 0 Å². The summed E-state index contributed by atoms with van der Waals surface area (Å²) in [6.07, 6.45) is 2.24. The molecule has 0 fully saturated rings. The number of rotatable bonds is 10. The lowest BCUT2D eigenvalue weighted by Crippen LogP contribution is -2.35. The van der Waals surface area contributed by atoms with Gasteiger partial charge in [0, 0.05) is 24.6 Å². The second-order valence-corrected chi connectivity index (χ2v) is 3.93. The summed E-state index contributed by atoms with van der Waals surface area (Å²) in [4.78, 5) is 33.6. The molecule has 0 amide bonds. The molecule has 6 heteroatoms. The zero-order valence-corrected chi connectivity index (χ0v) is 12.1. The normalized spacial score (nSPS) is 12.4. The van der Waals surface area contributed by atoms with Crippen LogP contribution in [0.4, 0.5) is 0 Å². The zero-order chi connectivity index (χ0) is 16.3. The van der Waals surface area contributed by atoms with E-state index in [1.165, 1.54) is 0 Å². The minimum atomic E-state index is -0.748. The Morgan fingerprint density at radius 1 is 0.905 bits per heavy atom. The summed E-state index contributed by atoms with van der Waals surface area (Å²) in [7, 11) is 0. The van der Waals surface area contributed by atoms with Crippen molar-refractivity contribution in [3.05, 3.63) is 38.0 Å². The fourth-order valence-electron chi connectivity index (χ4n) is 1.47. The summed E-state index contributed by atoms with van der Waals surface area (Å²) < 4.78 is 15.1. The summed E-state index contributed by atoms with van der Waals surface area (Å²) >= 11 is 0. The molecule has 0 spiro atoms. The van der Waals surface area contributed by atoms with Crippen LogP contribution in [0.2, 0.25) is 0 Å². The van der Waals surface area contributed by atoms with Gasteiger partial charge in [0.2, 0.25) is 0 Å². The number of hydrogen-bond acceptors (Lipinski definition) is 6. The highest BCUT2D eigenvalue weighted by Gasteiger charge is 2.26. The average molecular weight is 296 g/mol. The molecule has 0 aromatic rings. The highest BCUT2D eigenvalue weighted by Crippen LogP contribution is 2.14. The smallest absolute Gasteiger partial charge is 0.330 e. The van der Waals surface area contributed by atoms with Gasteiger partial charge in [-0.1, -0.05) is 26.7 Å². The molecule has 116 valence electrons. The first-order valence-electron chi connectivity index (χ1n) is 6.43. The predicted molar refractivity (Wildman–Crippen MR) is 76.2 cm³/mol. The Labute approximate surface area is 124 Å². The van der Waals surface area contributed by atoms with E-state index in [1.807, 2.05) is 0 Å². The molecule has 0 aliphatic carbocycles. The molecule has 0 aromatic carbocycles.